The molecule has 34 heavy (non-hydrogen) atoms. The molecule has 0 saturated carbocycles. The maximum atomic E-state index is 11.7. The predicted octanol–water partition coefficient (Wildman–Crippen LogP) is 2.91. The number of benzene rings is 1. The van der Waals surface area contributed by atoms with Crippen LogP contribution in [0.25, 0.3) is 11.1 Å². The molecule has 1 aliphatic rings. The van der Waals surface area contributed by atoms with Gasteiger partial charge in [0.1, 0.15) is 6.61 Å². The second-order valence-corrected chi connectivity index (χ2v) is 7.70. The third-order valence-electron chi connectivity index (χ3n) is 5.36. The molecular weight excluding hydrogens is 440 g/mol. The van der Waals surface area contributed by atoms with Crippen LogP contribution in [0.5, 0.6) is 5.75 Å². The van der Waals surface area contributed by atoms with Crippen molar-refractivity contribution in [3.05, 3.63) is 65.7 Å². The molecule has 3 heterocycles. The molecule has 0 aliphatic carbocycles. The number of carboxylic acid groups (broad SMARTS) is 2. The quantitative estimate of drug-likeness (QED) is 0.475. The zero-order valence-corrected chi connectivity index (χ0v) is 18.9. The number of nitrogens with two attached hydrogens (primary N) is 1. The number of hydrogen-bond donors (Lipinski definition) is 3. The number of hydrogen-bond acceptors (Lipinski definition) is 7. The number of rotatable bonds is 7. The van der Waals surface area contributed by atoms with Crippen LogP contribution < -0.4 is 10.5 Å². The number of aromatic carboxylic acids is 1. The summed E-state index contributed by atoms with van der Waals surface area (Å²) in [6, 6.07) is 9.95. The van der Waals surface area contributed by atoms with Crippen LogP contribution in [0.15, 0.2) is 48.9 Å². The summed E-state index contributed by atoms with van der Waals surface area (Å²) in [5.41, 5.74) is 7.89. The number of aromatic nitrogens is 3. The molecule has 2 aromatic heterocycles. The molecule has 0 bridgehead atoms. The van der Waals surface area contributed by atoms with Crippen LogP contribution in [-0.4, -0.2) is 56.7 Å². The molecule has 1 saturated heterocycles. The lowest BCUT2D eigenvalue weighted by Gasteiger charge is -2.22. The summed E-state index contributed by atoms with van der Waals surface area (Å²) < 4.78 is 13.3. The van der Waals surface area contributed by atoms with Crippen molar-refractivity contribution in [3.8, 4) is 16.9 Å². The van der Waals surface area contributed by atoms with Gasteiger partial charge in [0, 0.05) is 42.3 Å². The lowest BCUT2D eigenvalue weighted by molar-refractivity contribution is -0.135. The lowest BCUT2D eigenvalue weighted by atomic mass is 10.0. The molecule has 1 aliphatic heterocycles. The standard InChI is InChI=1S/C22H23N3O4.C2H5NO2/c1-15-19(17-11-24-25(13-17)18-7-9-28-10-8-18)12-23-20(22(26)27)21(15)29-14-16-5-3-2-4-6-16;3-1-2(4)5/h2-6,11-13,18H,7-10,14H2,1H3,(H,26,27);1,3H2,(H,4,5). The van der Waals surface area contributed by atoms with Crippen LogP contribution in [0.3, 0.4) is 0 Å². The molecule has 0 spiro atoms. The van der Waals surface area contributed by atoms with Gasteiger partial charge in [0.05, 0.1) is 18.8 Å². The van der Waals surface area contributed by atoms with Gasteiger partial charge < -0.3 is 25.4 Å². The van der Waals surface area contributed by atoms with E-state index in [0.717, 1.165) is 48.3 Å². The summed E-state index contributed by atoms with van der Waals surface area (Å²) in [6.45, 7) is 3.33. The molecule has 4 N–H and O–H groups in total. The fourth-order valence-corrected chi connectivity index (χ4v) is 3.56. The fraction of sp³-hybridized carbons (Fsp3) is 0.333. The highest BCUT2D eigenvalue weighted by Crippen LogP contribution is 2.33. The second-order valence-electron chi connectivity index (χ2n) is 7.70. The highest BCUT2D eigenvalue weighted by atomic mass is 16.5. The Labute approximate surface area is 197 Å². The van der Waals surface area contributed by atoms with Gasteiger partial charge in [-0.1, -0.05) is 30.3 Å². The molecule has 1 fully saturated rings. The van der Waals surface area contributed by atoms with E-state index in [1.807, 2.05) is 48.1 Å². The first-order valence-corrected chi connectivity index (χ1v) is 10.8. The number of ether oxygens (including phenoxy) is 2. The maximum absolute atomic E-state index is 11.7. The van der Waals surface area contributed by atoms with Crippen LogP contribution in [0, 0.1) is 6.92 Å². The van der Waals surface area contributed by atoms with Gasteiger partial charge in [-0.05, 0) is 25.3 Å². The number of carboxylic acids is 2. The Morgan fingerprint density at radius 1 is 1.18 bits per heavy atom. The molecule has 0 unspecified atom stereocenters. The van der Waals surface area contributed by atoms with Crippen molar-refractivity contribution in [1.82, 2.24) is 14.8 Å². The minimum atomic E-state index is -1.11. The largest absolute Gasteiger partial charge is 0.486 e. The molecule has 3 aromatic rings. The van der Waals surface area contributed by atoms with Gasteiger partial charge in [0.2, 0.25) is 0 Å². The summed E-state index contributed by atoms with van der Waals surface area (Å²) in [5, 5.41) is 21.7. The molecule has 0 atom stereocenters. The zero-order chi connectivity index (χ0) is 24.5. The Balaban J connectivity index is 0.000000588. The first kappa shape index (κ1) is 24.9. The van der Waals surface area contributed by atoms with E-state index in [2.05, 4.69) is 15.8 Å². The van der Waals surface area contributed by atoms with Crippen molar-refractivity contribution >= 4 is 11.9 Å². The van der Waals surface area contributed by atoms with Gasteiger partial charge in [-0.25, -0.2) is 9.78 Å². The van der Waals surface area contributed by atoms with Crippen molar-refractivity contribution in [1.29, 1.82) is 0 Å². The lowest BCUT2D eigenvalue weighted by Crippen LogP contribution is -2.19. The molecule has 0 radical (unpaired) electrons. The number of aliphatic carboxylic acids is 1. The van der Waals surface area contributed by atoms with E-state index in [0.29, 0.717) is 6.04 Å². The Morgan fingerprint density at radius 3 is 2.47 bits per heavy atom. The molecule has 1 aromatic carbocycles. The summed E-state index contributed by atoms with van der Waals surface area (Å²) in [7, 11) is 0. The average molecular weight is 469 g/mol. The highest BCUT2D eigenvalue weighted by Gasteiger charge is 2.21. The minimum absolute atomic E-state index is 0.0843. The summed E-state index contributed by atoms with van der Waals surface area (Å²) >= 11 is 0. The number of pyridine rings is 1. The first-order valence-electron chi connectivity index (χ1n) is 10.8. The van der Waals surface area contributed by atoms with Gasteiger partial charge in [-0.15, -0.1) is 0 Å². The minimum Gasteiger partial charge on any atom is -0.486 e. The monoisotopic (exact) mass is 468 g/mol. The van der Waals surface area contributed by atoms with Gasteiger partial charge in [-0.2, -0.15) is 5.10 Å². The number of carbonyl (C=O) groups is 2. The Morgan fingerprint density at radius 2 is 1.85 bits per heavy atom. The normalized spacial score (nSPS) is 13.6. The Bertz CT molecular complexity index is 1110. The van der Waals surface area contributed by atoms with Gasteiger partial charge in [0.25, 0.3) is 0 Å². The van der Waals surface area contributed by atoms with Crippen LogP contribution >= 0.6 is 0 Å². The Hall–Kier alpha value is -3.76. The summed E-state index contributed by atoms with van der Waals surface area (Å²) in [4.78, 5) is 25.1. The summed E-state index contributed by atoms with van der Waals surface area (Å²) in [5.74, 6) is -1.79. The molecule has 180 valence electrons. The maximum Gasteiger partial charge on any atom is 0.358 e. The van der Waals surface area contributed by atoms with Gasteiger partial charge >= 0.3 is 11.9 Å². The smallest absolute Gasteiger partial charge is 0.358 e. The average Bonchev–Trinajstić information content (AvgIpc) is 3.34. The SMILES string of the molecule is Cc1c(-c2cnn(C3CCOCC3)c2)cnc(C(=O)O)c1OCc1ccccc1.NCC(=O)O. The van der Waals surface area contributed by atoms with Crippen LogP contribution in [0.2, 0.25) is 0 Å². The zero-order valence-electron chi connectivity index (χ0n) is 18.9. The predicted molar refractivity (Wildman–Crippen MR) is 124 cm³/mol. The van der Waals surface area contributed by atoms with Crippen LogP contribution in [0.1, 0.15) is 40.5 Å². The Kier molecular flexibility index (Phi) is 8.72. The van der Waals surface area contributed by atoms with Crippen molar-refractivity contribution in [2.24, 2.45) is 5.73 Å². The third kappa shape index (κ3) is 6.40. The number of nitrogens with zero attached hydrogens (tertiary/aromatic N) is 3. The van der Waals surface area contributed by atoms with Gasteiger partial charge in [-0.3, -0.25) is 9.48 Å². The third-order valence-corrected chi connectivity index (χ3v) is 5.36. The van der Waals surface area contributed by atoms with Gasteiger partial charge in [0.15, 0.2) is 11.4 Å². The van der Waals surface area contributed by atoms with E-state index >= 15 is 0 Å². The second kappa shape index (κ2) is 11.9. The highest BCUT2D eigenvalue weighted by molar-refractivity contribution is 5.90. The molecule has 4 rings (SSSR count). The van der Waals surface area contributed by atoms with Crippen LogP contribution in [-0.2, 0) is 16.1 Å². The van der Waals surface area contributed by atoms with E-state index < -0.39 is 11.9 Å². The van der Waals surface area contributed by atoms with Crippen molar-refractivity contribution in [3.63, 3.8) is 0 Å². The molecule has 0 amide bonds. The molecule has 10 nitrogen and oxygen atoms in total. The van der Waals surface area contributed by atoms with E-state index in [1.165, 1.54) is 0 Å². The summed E-state index contributed by atoms with van der Waals surface area (Å²) in [6.07, 6.45) is 7.23. The van der Waals surface area contributed by atoms with Crippen molar-refractivity contribution in [2.45, 2.75) is 32.4 Å². The van der Waals surface area contributed by atoms with E-state index in [9.17, 15) is 14.7 Å². The van der Waals surface area contributed by atoms with Crippen molar-refractivity contribution < 1.29 is 29.3 Å². The first-order chi connectivity index (χ1) is 16.4. The van der Waals surface area contributed by atoms with Crippen molar-refractivity contribution in [2.75, 3.05) is 19.8 Å². The molecule has 10 heteroatoms. The fourth-order valence-electron chi connectivity index (χ4n) is 3.56. The van der Waals surface area contributed by atoms with E-state index in [4.69, 9.17) is 14.6 Å². The van der Waals surface area contributed by atoms with E-state index in [-0.39, 0.29) is 24.6 Å². The van der Waals surface area contributed by atoms with E-state index in [1.54, 1.807) is 12.4 Å². The molecular formula is C24H28N4O6. The topological polar surface area (TPSA) is 150 Å². The van der Waals surface area contributed by atoms with Crippen LogP contribution in [0.4, 0.5) is 0 Å².